The van der Waals surface area contributed by atoms with Crippen LogP contribution in [0.4, 0.5) is 0 Å². The molecule has 79 heavy (non-hydrogen) atoms. The number of rotatable bonds is 58. The highest BCUT2D eigenvalue weighted by molar-refractivity contribution is 7.47. The van der Waals surface area contributed by atoms with Crippen molar-refractivity contribution in [1.29, 1.82) is 0 Å². The summed E-state index contributed by atoms with van der Waals surface area (Å²) in [5.41, 5.74) is 0. The third-order valence-corrected chi connectivity index (χ3v) is 14.5. The number of nitrogens with zero attached hydrogens (tertiary/aromatic N) is 1. The van der Waals surface area contributed by atoms with Crippen LogP contribution in [0.15, 0.2) is 109 Å². The molecule has 0 aliphatic rings. The summed E-state index contributed by atoms with van der Waals surface area (Å²) in [5.74, 6) is -0.803. The molecular formula is C69H121NO8P+. The fourth-order valence-corrected chi connectivity index (χ4v) is 9.36. The summed E-state index contributed by atoms with van der Waals surface area (Å²) in [6.07, 6.45) is 83.1. The fraction of sp³-hybridized carbons (Fsp3) is 0.710. The Bertz CT molecular complexity index is 1700. The monoisotopic (exact) mass is 1120 g/mol. The second kappa shape index (κ2) is 59.3. The van der Waals surface area contributed by atoms with Gasteiger partial charge in [0.2, 0.25) is 0 Å². The van der Waals surface area contributed by atoms with Crippen LogP contribution in [-0.4, -0.2) is 74.9 Å². The molecular weight excluding hydrogens is 1000 g/mol. The van der Waals surface area contributed by atoms with E-state index >= 15 is 0 Å². The Balaban J connectivity index is 4.09. The van der Waals surface area contributed by atoms with Crippen LogP contribution in [0.2, 0.25) is 0 Å². The summed E-state index contributed by atoms with van der Waals surface area (Å²) in [5, 5.41) is 0. The van der Waals surface area contributed by atoms with Crippen molar-refractivity contribution in [2.24, 2.45) is 0 Å². The van der Waals surface area contributed by atoms with Gasteiger partial charge in [0.1, 0.15) is 19.8 Å². The second-order valence-corrected chi connectivity index (χ2v) is 23.9. The molecule has 0 rings (SSSR count). The van der Waals surface area contributed by atoms with Gasteiger partial charge in [0.05, 0.1) is 27.7 Å². The molecule has 2 atom stereocenters. The van der Waals surface area contributed by atoms with E-state index in [1.807, 2.05) is 21.1 Å². The lowest BCUT2D eigenvalue weighted by atomic mass is 10.0. The Morgan fingerprint density at radius 2 is 0.722 bits per heavy atom. The van der Waals surface area contributed by atoms with Crippen LogP contribution in [0.5, 0.6) is 0 Å². The van der Waals surface area contributed by atoms with E-state index in [1.54, 1.807) is 0 Å². The van der Waals surface area contributed by atoms with Crippen molar-refractivity contribution in [3.8, 4) is 0 Å². The first-order valence-electron chi connectivity index (χ1n) is 32.1. The zero-order valence-corrected chi connectivity index (χ0v) is 52.5. The lowest BCUT2D eigenvalue weighted by Gasteiger charge is -2.24. The average Bonchev–Trinajstić information content (AvgIpc) is 3.41. The maximum Gasteiger partial charge on any atom is 0.472 e. The molecule has 10 heteroatoms. The molecule has 0 aliphatic carbocycles. The number of carbonyl (C=O) groups excluding carboxylic acids is 2. The highest BCUT2D eigenvalue weighted by Crippen LogP contribution is 2.43. The van der Waals surface area contributed by atoms with Crippen molar-refractivity contribution in [2.75, 3.05) is 47.5 Å². The lowest BCUT2D eigenvalue weighted by molar-refractivity contribution is -0.870. The van der Waals surface area contributed by atoms with Crippen molar-refractivity contribution in [3.63, 3.8) is 0 Å². The maximum atomic E-state index is 12.8. The molecule has 0 spiro atoms. The molecule has 0 aromatic heterocycles. The molecule has 0 saturated heterocycles. The third-order valence-electron chi connectivity index (χ3n) is 13.5. The number of carbonyl (C=O) groups is 2. The minimum Gasteiger partial charge on any atom is -0.462 e. The van der Waals surface area contributed by atoms with Crippen molar-refractivity contribution in [3.05, 3.63) is 109 Å². The average molecular weight is 1120 g/mol. The van der Waals surface area contributed by atoms with Crippen LogP contribution in [0, 0.1) is 0 Å². The summed E-state index contributed by atoms with van der Waals surface area (Å²) in [6, 6.07) is 0. The molecule has 454 valence electrons. The molecule has 9 nitrogen and oxygen atoms in total. The zero-order chi connectivity index (χ0) is 57.7. The first-order chi connectivity index (χ1) is 38.5. The van der Waals surface area contributed by atoms with E-state index in [4.69, 9.17) is 18.5 Å². The number of unbranched alkanes of at least 4 members (excludes halogenated alkanes) is 26. The van der Waals surface area contributed by atoms with E-state index < -0.39 is 26.5 Å². The number of quaternary nitrogens is 1. The minimum absolute atomic E-state index is 0.0271. The number of hydrogen-bond donors (Lipinski definition) is 1. The van der Waals surface area contributed by atoms with Crippen molar-refractivity contribution >= 4 is 19.8 Å². The van der Waals surface area contributed by atoms with Crippen LogP contribution >= 0.6 is 7.82 Å². The van der Waals surface area contributed by atoms with Gasteiger partial charge in [0, 0.05) is 12.8 Å². The normalized spacial score (nSPS) is 13.9. The summed E-state index contributed by atoms with van der Waals surface area (Å²) >= 11 is 0. The molecule has 0 fully saturated rings. The predicted octanol–water partition coefficient (Wildman–Crippen LogP) is 20.5. The number of phosphoric acid groups is 1. The highest BCUT2D eigenvalue weighted by Gasteiger charge is 2.27. The van der Waals surface area contributed by atoms with Gasteiger partial charge < -0.3 is 18.9 Å². The molecule has 0 saturated carbocycles. The maximum absolute atomic E-state index is 12.8. The van der Waals surface area contributed by atoms with Gasteiger partial charge >= 0.3 is 19.8 Å². The highest BCUT2D eigenvalue weighted by atomic mass is 31.2. The SMILES string of the molecule is CC/C=C\C/C=C\C/C=C\C/C=C\C/C=C\C/C=C\C/C=C\C/C=C\CCCCCCCCCCCCCCC(=O)OC(COC(=O)CCCCCCCCC/C=C\CCCCCCCCC)COP(=O)(O)OCC[N+](C)(C)C. The Labute approximate surface area is 486 Å². The number of allylic oxidation sites excluding steroid dienone is 18. The van der Waals surface area contributed by atoms with Crippen LogP contribution < -0.4 is 0 Å². The summed E-state index contributed by atoms with van der Waals surface area (Å²) in [7, 11) is 1.47. The standard InChI is InChI=1S/C69H120NO8P/c1-6-8-10-12-14-16-18-20-22-24-26-27-28-29-30-31-32-33-34-35-36-37-38-39-40-41-42-43-44-46-48-50-52-54-56-58-60-62-69(72)78-67(66-77-79(73,74)76-64-63-70(3,4)5)65-75-68(71)61-59-57-55-53-51-49-47-45-25-23-21-19-17-15-13-11-9-7-2/h8,10,14,16,20,22-23,25-27,29-30,32-33,35-36,38-39,67H,6-7,9,11-13,15,17-19,21,24,28,31,34,37,40-66H2,1-5H3/p+1/b10-8-,16-14-,22-20-,25-23-,27-26-,30-29-,33-32-,36-35-,39-38-. The van der Waals surface area contributed by atoms with E-state index in [2.05, 4.69) is 123 Å². The minimum atomic E-state index is -4.39. The van der Waals surface area contributed by atoms with E-state index in [0.717, 1.165) is 103 Å². The largest absolute Gasteiger partial charge is 0.472 e. The molecule has 1 N–H and O–H groups in total. The Morgan fingerprint density at radius 3 is 1.09 bits per heavy atom. The summed E-state index contributed by atoms with van der Waals surface area (Å²) < 4.78 is 34.6. The van der Waals surface area contributed by atoms with Gasteiger partial charge in [-0.05, 0) is 103 Å². The summed E-state index contributed by atoms with van der Waals surface area (Å²) in [6.45, 7) is 4.32. The summed E-state index contributed by atoms with van der Waals surface area (Å²) in [4.78, 5) is 35.7. The molecule has 0 aliphatic heterocycles. The van der Waals surface area contributed by atoms with Crippen LogP contribution in [0.1, 0.15) is 264 Å². The smallest absolute Gasteiger partial charge is 0.462 e. The number of esters is 2. The topological polar surface area (TPSA) is 108 Å². The number of hydrogen-bond acceptors (Lipinski definition) is 7. The molecule has 0 aromatic rings. The molecule has 0 radical (unpaired) electrons. The van der Waals surface area contributed by atoms with Gasteiger partial charge in [-0.15, -0.1) is 0 Å². The van der Waals surface area contributed by atoms with Crippen molar-refractivity contribution in [2.45, 2.75) is 270 Å². The molecule has 0 bridgehead atoms. The number of phosphoric ester groups is 1. The molecule has 0 heterocycles. The molecule has 0 amide bonds. The third kappa shape index (κ3) is 63.7. The van der Waals surface area contributed by atoms with Crippen molar-refractivity contribution < 1.29 is 42.1 Å². The Morgan fingerprint density at radius 1 is 0.405 bits per heavy atom. The Kier molecular flexibility index (Phi) is 56.8. The van der Waals surface area contributed by atoms with E-state index in [1.165, 1.54) is 128 Å². The van der Waals surface area contributed by atoms with Crippen LogP contribution in [-0.2, 0) is 32.7 Å². The van der Waals surface area contributed by atoms with Gasteiger partial charge in [-0.1, -0.05) is 258 Å². The molecule has 2 unspecified atom stereocenters. The quantitative estimate of drug-likeness (QED) is 0.0211. The zero-order valence-electron chi connectivity index (χ0n) is 51.6. The fourth-order valence-electron chi connectivity index (χ4n) is 8.62. The number of likely N-dealkylation sites (N-methyl/N-ethyl adjacent to an activating group) is 1. The lowest BCUT2D eigenvalue weighted by Crippen LogP contribution is -2.37. The van der Waals surface area contributed by atoms with Gasteiger partial charge in [-0.3, -0.25) is 18.6 Å². The van der Waals surface area contributed by atoms with E-state index in [-0.39, 0.29) is 32.0 Å². The molecule has 0 aromatic carbocycles. The van der Waals surface area contributed by atoms with Gasteiger partial charge in [0.15, 0.2) is 6.10 Å². The predicted molar refractivity (Wildman–Crippen MR) is 339 cm³/mol. The Hall–Kier alpha value is -3.33. The first-order valence-corrected chi connectivity index (χ1v) is 33.6. The number of ether oxygens (including phenoxy) is 2. The first kappa shape index (κ1) is 75.7. The van der Waals surface area contributed by atoms with Crippen molar-refractivity contribution in [1.82, 2.24) is 0 Å². The van der Waals surface area contributed by atoms with Gasteiger partial charge in [-0.2, -0.15) is 0 Å². The second-order valence-electron chi connectivity index (χ2n) is 22.4. The van der Waals surface area contributed by atoms with E-state index in [0.29, 0.717) is 17.4 Å². The van der Waals surface area contributed by atoms with Gasteiger partial charge in [0.25, 0.3) is 0 Å². The van der Waals surface area contributed by atoms with Gasteiger partial charge in [-0.25, -0.2) is 4.57 Å². The van der Waals surface area contributed by atoms with E-state index in [9.17, 15) is 19.0 Å². The van der Waals surface area contributed by atoms with Crippen LogP contribution in [0.3, 0.4) is 0 Å². The van der Waals surface area contributed by atoms with Crippen LogP contribution in [0.25, 0.3) is 0 Å².